The smallest absolute Gasteiger partial charge is 0.0856 e. The minimum absolute atomic E-state index is 0.360. The number of hydrogen-bond acceptors (Lipinski definition) is 0. The van der Waals surface area contributed by atoms with Crippen molar-refractivity contribution in [2.24, 2.45) is 0 Å². The van der Waals surface area contributed by atoms with Gasteiger partial charge in [0.2, 0.25) is 0 Å². The van der Waals surface area contributed by atoms with E-state index in [1.165, 1.54) is 11.1 Å². The quantitative estimate of drug-likeness (QED) is 0.416. The predicted octanol–water partition coefficient (Wildman–Crippen LogP) is 3.88. The minimum atomic E-state index is 0.360. The van der Waals surface area contributed by atoms with Crippen LogP contribution in [-0.2, 0) is 0 Å². The summed E-state index contributed by atoms with van der Waals surface area (Å²) in [6, 6.07) is 0. The zero-order valence-corrected chi connectivity index (χ0v) is 9.08. The zero-order valence-electron chi connectivity index (χ0n) is 9.08. The number of allylic oxidation sites excluding steroid dienone is 2. The van der Waals surface area contributed by atoms with E-state index in [1.807, 2.05) is 0 Å². The van der Waals surface area contributed by atoms with E-state index in [0.29, 0.717) is 5.31 Å². The van der Waals surface area contributed by atoms with Gasteiger partial charge in [-0.15, -0.1) is 0 Å². The highest BCUT2D eigenvalue weighted by molar-refractivity contribution is 6.60. The highest BCUT2D eigenvalue weighted by Gasteiger charge is 2.26. The molecule has 0 aliphatic heterocycles. The Bertz CT molecular complexity index is 160. The third kappa shape index (κ3) is 2.39. The summed E-state index contributed by atoms with van der Waals surface area (Å²) in [5.74, 6) is 0. The van der Waals surface area contributed by atoms with Crippen LogP contribution in [0.2, 0.25) is 19.0 Å². The van der Waals surface area contributed by atoms with Crippen LogP contribution in [0, 0.1) is 0 Å². The van der Waals surface area contributed by atoms with E-state index in [-0.39, 0.29) is 0 Å². The van der Waals surface area contributed by atoms with Gasteiger partial charge in [0.25, 0.3) is 0 Å². The lowest BCUT2D eigenvalue weighted by molar-refractivity contribution is 0.760. The second kappa shape index (κ2) is 3.47. The largest absolute Gasteiger partial charge is 0.144 e. The van der Waals surface area contributed by atoms with Crippen LogP contribution in [0.4, 0.5) is 0 Å². The van der Waals surface area contributed by atoms with Gasteiger partial charge in [0, 0.05) is 0 Å². The Morgan fingerprint density at radius 1 is 1.00 bits per heavy atom. The zero-order chi connectivity index (χ0) is 9.23. The fourth-order valence-electron chi connectivity index (χ4n) is 1.08. The molecule has 0 aromatic carbocycles. The first-order valence-corrected chi connectivity index (χ1v) is 4.44. The topological polar surface area (TPSA) is 0 Å². The average molecular weight is 152 g/mol. The Morgan fingerprint density at radius 2 is 1.36 bits per heavy atom. The molecule has 0 fully saturated rings. The van der Waals surface area contributed by atoms with Crippen molar-refractivity contribution in [3.8, 4) is 0 Å². The van der Waals surface area contributed by atoms with Crippen molar-refractivity contribution in [3.63, 3.8) is 0 Å². The molecule has 0 bridgehead atoms. The molecule has 0 unspecified atom stereocenters. The van der Waals surface area contributed by atoms with Gasteiger partial charge in [-0.25, -0.2) is 0 Å². The second-order valence-electron chi connectivity index (χ2n) is 4.50. The molecular weight excluding hydrogens is 131 g/mol. The fourth-order valence-corrected chi connectivity index (χ4v) is 1.08. The van der Waals surface area contributed by atoms with E-state index >= 15 is 0 Å². The molecule has 0 aliphatic rings. The van der Waals surface area contributed by atoms with Crippen LogP contribution in [-0.4, -0.2) is 6.71 Å². The highest BCUT2D eigenvalue weighted by Crippen LogP contribution is 2.38. The maximum atomic E-state index is 2.32. The lowest BCUT2D eigenvalue weighted by Crippen LogP contribution is -2.22. The molecule has 0 N–H and O–H groups in total. The van der Waals surface area contributed by atoms with E-state index in [0.717, 1.165) is 6.71 Å². The van der Waals surface area contributed by atoms with E-state index in [4.69, 9.17) is 0 Å². The third-order valence-electron chi connectivity index (χ3n) is 3.16. The molecule has 1 heteroatoms. The van der Waals surface area contributed by atoms with Gasteiger partial charge in [0.1, 0.15) is 6.71 Å². The van der Waals surface area contributed by atoms with E-state index in [2.05, 4.69) is 48.3 Å². The third-order valence-corrected chi connectivity index (χ3v) is 3.16. The summed E-state index contributed by atoms with van der Waals surface area (Å²) in [6.45, 7) is 16.6. The van der Waals surface area contributed by atoms with E-state index in [1.54, 1.807) is 0 Å². The fraction of sp³-hybridized carbons (Fsp3) is 0.800. The van der Waals surface area contributed by atoms with Gasteiger partial charge < -0.3 is 0 Å². The van der Waals surface area contributed by atoms with Gasteiger partial charge >= 0.3 is 0 Å². The molecule has 0 rings (SSSR count). The number of hydrogen-bond donors (Lipinski definition) is 0. The average Bonchev–Trinajstić information content (AvgIpc) is 1.85. The van der Waals surface area contributed by atoms with Crippen LogP contribution in [0.5, 0.6) is 0 Å². The van der Waals surface area contributed by atoms with Gasteiger partial charge in [0.15, 0.2) is 0 Å². The van der Waals surface area contributed by atoms with Gasteiger partial charge in [-0.2, -0.15) is 0 Å². The summed E-state index contributed by atoms with van der Waals surface area (Å²) >= 11 is 0. The monoisotopic (exact) mass is 152 g/mol. The summed E-state index contributed by atoms with van der Waals surface area (Å²) in [5, 5.41) is 0.360. The predicted molar refractivity (Wildman–Crippen MR) is 55.6 cm³/mol. The summed E-state index contributed by atoms with van der Waals surface area (Å²) in [4.78, 5) is 0. The van der Waals surface area contributed by atoms with Crippen molar-refractivity contribution in [2.75, 3.05) is 0 Å². The van der Waals surface area contributed by atoms with Crippen molar-refractivity contribution < 1.29 is 0 Å². The summed E-state index contributed by atoms with van der Waals surface area (Å²) in [6.07, 6.45) is 0. The first-order chi connectivity index (χ1) is 4.80. The molecule has 0 atom stereocenters. The van der Waals surface area contributed by atoms with Crippen LogP contribution in [0.15, 0.2) is 11.1 Å². The molecule has 0 saturated heterocycles. The standard InChI is InChI=1S/C10H21B/c1-8(2)9(3)10(4,5)11(6)7/h1-7H3. The van der Waals surface area contributed by atoms with Crippen LogP contribution < -0.4 is 0 Å². The molecule has 0 amide bonds. The summed E-state index contributed by atoms with van der Waals surface area (Å²) in [5.41, 5.74) is 3.00. The van der Waals surface area contributed by atoms with Crippen LogP contribution in [0.25, 0.3) is 0 Å². The Morgan fingerprint density at radius 3 is 1.45 bits per heavy atom. The summed E-state index contributed by atoms with van der Waals surface area (Å²) < 4.78 is 0. The molecule has 64 valence electrons. The van der Waals surface area contributed by atoms with Gasteiger partial charge in [-0.1, -0.05) is 38.6 Å². The van der Waals surface area contributed by atoms with Crippen LogP contribution in [0.1, 0.15) is 34.6 Å². The molecule has 0 aromatic heterocycles. The molecule has 0 aromatic rings. The van der Waals surface area contributed by atoms with Crippen molar-refractivity contribution in [1.29, 1.82) is 0 Å². The first-order valence-electron chi connectivity index (χ1n) is 4.44. The lowest BCUT2D eigenvalue weighted by Gasteiger charge is -2.30. The first kappa shape index (κ1) is 10.8. The molecule has 0 saturated carbocycles. The van der Waals surface area contributed by atoms with Gasteiger partial charge in [-0.3, -0.25) is 0 Å². The maximum absolute atomic E-state index is 2.32. The molecule has 0 nitrogen and oxygen atoms in total. The lowest BCUT2D eigenvalue weighted by atomic mass is 9.35. The van der Waals surface area contributed by atoms with E-state index in [9.17, 15) is 0 Å². The molecule has 0 spiro atoms. The SMILES string of the molecule is CB(C)C(C)(C)C(C)=C(C)C. The Kier molecular flexibility index (Phi) is 3.41. The van der Waals surface area contributed by atoms with Crippen molar-refractivity contribution >= 4 is 6.71 Å². The molecular formula is C10H21B. The normalized spacial score (nSPS) is 11.2. The van der Waals surface area contributed by atoms with Crippen molar-refractivity contribution in [2.45, 2.75) is 53.6 Å². The number of rotatable bonds is 2. The summed E-state index contributed by atoms with van der Waals surface area (Å²) in [7, 11) is 0. The molecule has 0 heterocycles. The molecule has 0 aliphatic carbocycles. The second-order valence-corrected chi connectivity index (χ2v) is 4.50. The Hall–Kier alpha value is -0.195. The molecule has 11 heavy (non-hydrogen) atoms. The van der Waals surface area contributed by atoms with Gasteiger partial charge in [-0.05, 0) is 26.1 Å². The van der Waals surface area contributed by atoms with Gasteiger partial charge in [0.05, 0.1) is 0 Å². The van der Waals surface area contributed by atoms with Crippen molar-refractivity contribution in [3.05, 3.63) is 11.1 Å². The van der Waals surface area contributed by atoms with Crippen molar-refractivity contribution in [1.82, 2.24) is 0 Å². The highest BCUT2D eigenvalue weighted by atomic mass is 14.2. The maximum Gasteiger partial charge on any atom is 0.144 e. The van der Waals surface area contributed by atoms with Crippen LogP contribution in [0.3, 0.4) is 0 Å². The van der Waals surface area contributed by atoms with E-state index < -0.39 is 0 Å². The van der Waals surface area contributed by atoms with Crippen LogP contribution >= 0.6 is 0 Å². The minimum Gasteiger partial charge on any atom is -0.0856 e. The molecule has 0 radical (unpaired) electrons. The Labute approximate surface area is 72.2 Å². The Balaban J connectivity index is 4.70.